The Kier molecular flexibility index (Phi) is 5.32. The topological polar surface area (TPSA) is 23.6 Å². The summed E-state index contributed by atoms with van der Waals surface area (Å²) in [5.74, 6) is 0.225. The first-order valence-corrected chi connectivity index (χ1v) is 7.61. The fourth-order valence-electron chi connectivity index (χ4n) is 2.87. The van der Waals surface area contributed by atoms with Gasteiger partial charge in [-0.05, 0) is 45.5 Å². The van der Waals surface area contributed by atoms with Crippen molar-refractivity contribution >= 4 is 5.78 Å². The number of rotatable bonds is 5. The van der Waals surface area contributed by atoms with Crippen LogP contribution in [-0.4, -0.2) is 55.4 Å². The van der Waals surface area contributed by atoms with Gasteiger partial charge in [0.15, 0.2) is 5.78 Å². The zero-order valence-corrected chi connectivity index (χ0v) is 12.9. The van der Waals surface area contributed by atoms with Gasteiger partial charge in [-0.25, -0.2) is 0 Å². The van der Waals surface area contributed by atoms with E-state index in [0.717, 1.165) is 18.5 Å². The van der Waals surface area contributed by atoms with Crippen molar-refractivity contribution in [1.29, 1.82) is 0 Å². The fourth-order valence-corrected chi connectivity index (χ4v) is 2.87. The van der Waals surface area contributed by atoms with E-state index in [1.54, 1.807) is 0 Å². The third-order valence-electron chi connectivity index (χ3n) is 4.30. The molecule has 1 aromatic rings. The van der Waals surface area contributed by atoms with Crippen molar-refractivity contribution in [1.82, 2.24) is 9.80 Å². The number of hydrogen-bond donors (Lipinski definition) is 0. The van der Waals surface area contributed by atoms with Gasteiger partial charge in [-0.3, -0.25) is 9.69 Å². The van der Waals surface area contributed by atoms with Crippen molar-refractivity contribution in [3.63, 3.8) is 0 Å². The SMILES string of the molecule is CCc1ccc(C(=O)CN(C)C2CCCN(C)C2)cc1. The van der Waals surface area contributed by atoms with Gasteiger partial charge in [-0.15, -0.1) is 0 Å². The minimum Gasteiger partial charge on any atom is -0.305 e. The highest BCUT2D eigenvalue weighted by Gasteiger charge is 2.22. The lowest BCUT2D eigenvalue weighted by atomic mass is 10.0. The molecule has 20 heavy (non-hydrogen) atoms. The Morgan fingerprint density at radius 3 is 2.65 bits per heavy atom. The molecule has 0 radical (unpaired) electrons. The highest BCUT2D eigenvalue weighted by molar-refractivity contribution is 5.97. The lowest BCUT2D eigenvalue weighted by Gasteiger charge is -2.35. The smallest absolute Gasteiger partial charge is 0.176 e. The van der Waals surface area contributed by atoms with Gasteiger partial charge in [0, 0.05) is 18.2 Å². The molecule has 0 aromatic heterocycles. The Labute approximate surface area is 122 Å². The van der Waals surface area contributed by atoms with E-state index >= 15 is 0 Å². The van der Waals surface area contributed by atoms with Gasteiger partial charge in [0.2, 0.25) is 0 Å². The third kappa shape index (κ3) is 3.90. The molecule has 1 atom stereocenters. The first-order valence-electron chi connectivity index (χ1n) is 7.61. The average Bonchev–Trinajstić information content (AvgIpc) is 2.47. The maximum atomic E-state index is 12.3. The maximum Gasteiger partial charge on any atom is 0.176 e. The van der Waals surface area contributed by atoms with E-state index < -0.39 is 0 Å². The molecule has 0 aliphatic carbocycles. The molecule has 3 heteroatoms. The Bertz CT molecular complexity index is 441. The molecule has 0 spiro atoms. The summed E-state index contributed by atoms with van der Waals surface area (Å²) in [5.41, 5.74) is 2.11. The number of Topliss-reactive ketones (excluding diaryl/α,β-unsaturated/α-hetero) is 1. The lowest BCUT2D eigenvalue weighted by molar-refractivity contribution is 0.0857. The molecule has 0 amide bonds. The van der Waals surface area contributed by atoms with Gasteiger partial charge >= 0.3 is 0 Å². The molecule has 1 aliphatic rings. The van der Waals surface area contributed by atoms with Crippen LogP contribution in [0, 0.1) is 0 Å². The quantitative estimate of drug-likeness (QED) is 0.771. The maximum absolute atomic E-state index is 12.3. The summed E-state index contributed by atoms with van der Waals surface area (Å²) in [6.07, 6.45) is 3.44. The number of carbonyl (C=O) groups excluding carboxylic acids is 1. The van der Waals surface area contributed by atoms with Crippen molar-refractivity contribution in [3.8, 4) is 0 Å². The Balaban J connectivity index is 1.92. The van der Waals surface area contributed by atoms with E-state index in [1.807, 2.05) is 12.1 Å². The molecule has 1 saturated heterocycles. The molecule has 1 heterocycles. The summed E-state index contributed by atoms with van der Waals surface area (Å²) in [6, 6.07) is 8.54. The molecule has 1 fully saturated rings. The Hall–Kier alpha value is -1.19. The van der Waals surface area contributed by atoms with E-state index in [0.29, 0.717) is 12.6 Å². The predicted molar refractivity (Wildman–Crippen MR) is 83.3 cm³/mol. The molecule has 0 saturated carbocycles. The van der Waals surface area contributed by atoms with Crippen molar-refractivity contribution in [2.45, 2.75) is 32.2 Å². The zero-order valence-electron chi connectivity index (χ0n) is 12.9. The Morgan fingerprint density at radius 2 is 2.05 bits per heavy atom. The van der Waals surface area contributed by atoms with Crippen LogP contribution in [-0.2, 0) is 6.42 Å². The zero-order chi connectivity index (χ0) is 14.5. The van der Waals surface area contributed by atoms with Gasteiger partial charge in [0.25, 0.3) is 0 Å². The number of likely N-dealkylation sites (N-methyl/N-ethyl adjacent to an activating group) is 2. The van der Waals surface area contributed by atoms with Crippen LogP contribution in [0.1, 0.15) is 35.7 Å². The second-order valence-electron chi connectivity index (χ2n) is 5.95. The molecule has 1 aliphatic heterocycles. The van der Waals surface area contributed by atoms with E-state index in [4.69, 9.17) is 0 Å². The number of likely N-dealkylation sites (tertiary alicyclic amines) is 1. The normalized spacial score (nSPS) is 20.3. The van der Waals surface area contributed by atoms with Crippen molar-refractivity contribution in [3.05, 3.63) is 35.4 Å². The largest absolute Gasteiger partial charge is 0.305 e. The van der Waals surface area contributed by atoms with Crippen LogP contribution < -0.4 is 0 Å². The van der Waals surface area contributed by atoms with E-state index in [1.165, 1.54) is 24.9 Å². The van der Waals surface area contributed by atoms with Crippen molar-refractivity contribution < 1.29 is 4.79 Å². The number of hydrogen-bond acceptors (Lipinski definition) is 3. The van der Waals surface area contributed by atoms with Crippen LogP contribution in [0.2, 0.25) is 0 Å². The van der Waals surface area contributed by atoms with Crippen LogP contribution in [0.4, 0.5) is 0 Å². The van der Waals surface area contributed by atoms with Gasteiger partial charge in [0.1, 0.15) is 0 Å². The summed E-state index contributed by atoms with van der Waals surface area (Å²) in [5, 5.41) is 0. The van der Waals surface area contributed by atoms with Gasteiger partial charge in [-0.2, -0.15) is 0 Å². The number of benzene rings is 1. The molecule has 1 unspecified atom stereocenters. The summed E-state index contributed by atoms with van der Waals surface area (Å²) in [7, 11) is 4.23. The number of piperidine rings is 1. The highest BCUT2D eigenvalue weighted by atomic mass is 16.1. The van der Waals surface area contributed by atoms with Crippen LogP contribution in [0.15, 0.2) is 24.3 Å². The van der Waals surface area contributed by atoms with Crippen molar-refractivity contribution in [2.24, 2.45) is 0 Å². The second-order valence-corrected chi connectivity index (χ2v) is 5.95. The van der Waals surface area contributed by atoms with Crippen LogP contribution in [0.25, 0.3) is 0 Å². The number of nitrogens with zero attached hydrogens (tertiary/aromatic N) is 2. The minimum atomic E-state index is 0.225. The number of carbonyl (C=O) groups is 1. The molecular formula is C17H26N2O. The predicted octanol–water partition coefficient (Wildman–Crippen LogP) is 2.46. The molecule has 110 valence electrons. The first kappa shape index (κ1) is 15.2. The molecule has 3 nitrogen and oxygen atoms in total. The van der Waals surface area contributed by atoms with Crippen LogP contribution in [0.3, 0.4) is 0 Å². The second kappa shape index (κ2) is 7.00. The van der Waals surface area contributed by atoms with E-state index in [9.17, 15) is 4.79 Å². The molecule has 0 N–H and O–H groups in total. The highest BCUT2D eigenvalue weighted by Crippen LogP contribution is 2.14. The summed E-state index contributed by atoms with van der Waals surface area (Å²) < 4.78 is 0. The molecule has 0 bridgehead atoms. The van der Waals surface area contributed by atoms with Crippen LogP contribution in [0.5, 0.6) is 0 Å². The standard InChI is InChI=1S/C17H26N2O/c1-4-14-7-9-15(10-8-14)17(20)13-19(3)16-6-5-11-18(2)12-16/h7-10,16H,4-6,11-13H2,1-3H3. The molecule has 1 aromatic carbocycles. The monoisotopic (exact) mass is 274 g/mol. The Morgan fingerprint density at radius 1 is 1.35 bits per heavy atom. The van der Waals surface area contributed by atoms with Gasteiger partial charge in [-0.1, -0.05) is 31.2 Å². The summed E-state index contributed by atoms with van der Waals surface area (Å²) in [4.78, 5) is 16.9. The van der Waals surface area contributed by atoms with Crippen molar-refractivity contribution in [2.75, 3.05) is 33.7 Å². The summed E-state index contributed by atoms with van der Waals surface area (Å²) >= 11 is 0. The number of aryl methyl sites for hydroxylation is 1. The van der Waals surface area contributed by atoms with Gasteiger partial charge in [0.05, 0.1) is 6.54 Å². The van der Waals surface area contributed by atoms with Crippen LogP contribution >= 0.6 is 0 Å². The average molecular weight is 274 g/mol. The fraction of sp³-hybridized carbons (Fsp3) is 0.588. The van der Waals surface area contributed by atoms with Gasteiger partial charge < -0.3 is 4.90 Å². The lowest BCUT2D eigenvalue weighted by Crippen LogP contribution is -2.46. The first-order chi connectivity index (χ1) is 9.60. The molecular weight excluding hydrogens is 248 g/mol. The van der Waals surface area contributed by atoms with E-state index in [-0.39, 0.29) is 5.78 Å². The molecule has 2 rings (SSSR count). The van der Waals surface area contributed by atoms with E-state index in [2.05, 4.69) is 43.0 Å². The minimum absolute atomic E-state index is 0.225. The third-order valence-corrected chi connectivity index (χ3v) is 4.30. The summed E-state index contributed by atoms with van der Waals surface area (Å²) in [6.45, 7) is 4.89. The number of ketones is 1.